The molecule has 1 amide bonds. The lowest BCUT2D eigenvalue weighted by Crippen LogP contribution is -2.40. The van der Waals surface area contributed by atoms with E-state index >= 15 is 0 Å². The molecule has 1 atom stereocenters. The van der Waals surface area contributed by atoms with Gasteiger partial charge in [0.05, 0.1) is 17.1 Å². The van der Waals surface area contributed by atoms with Crippen molar-refractivity contribution < 1.29 is 18.7 Å². The minimum atomic E-state index is -0.538. The number of fused-ring (bicyclic) bond motifs is 1. The van der Waals surface area contributed by atoms with Crippen LogP contribution in [0.15, 0.2) is 70.7 Å². The van der Waals surface area contributed by atoms with Crippen LogP contribution in [-0.2, 0) is 4.74 Å². The minimum Gasteiger partial charge on any atom is -0.495 e. The molecule has 1 aliphatic rings. The van der Waals surface area contributed by atoms with Gasteiger partial charge in [-0.25, -0.2) is 19.2 Å². The summed E-state index contributed by atoms with van der Waals surface area (Å²) in [4.78, 5) is 23.7. The van der Waals surface area contributed by atoms with Gasteiger partial charge in [0.2, 0.25) is 0 Å². The zero-order chi connectivity index (χ0) is 31.6. The van der Waals surface area contributed by atoms with Gasteiger partial charge in [-0.05, 0) is 104 Å². The Morgan fingerprint density at radius 2 is 1.61 bits per heavy atom. The van der Waals surface area contributed by atoms with Gasteiger partial charge in [-0.3, -0.25) is 0 Å². The Hall–Kier alpha value is -3.98. The van der Waals surface area contributed by atoms with Crippen molar-refractivity contribution in [2.75, 3.05) is 25.5 Å². The van der Waals surface area contributed by atoms with Gasteiger partial charge in [0.25, 0.3) is 0 Å². The molecule has 5 rings (SSSR count). The van der Waals surface area contributed by atoms with Gasteiger partial charge in [0.15, 0.2) is 0 Å². The quantitative estimate of drug-likeness (QED) is 0.223. The molecule has 2 heterocycles. The van der Waals surface area contributed by atoms with Gasteiger partial charge in [-0.2, -0.15) is 0 Å². The SMILES string of the molecule is COc1cc2nc(C)nc(N[C@H](C)c3ccc(C(=C4CCN(C(=O)OC(C)(C)C)CC4)c4ccc(F)cc4)cc3)c2cc1Br. The number of aromatic nitrogens is 2. The maximum atomic E-state index is 13.9. The Morgan fingerprint density at radius 1 is 1.00 bits per heavy atom. The molecule has 1 fully saturated rings. The molecule has 7 nitrogen and oxygen atoms in total. The van der Waals surface area contributed by atoms with E-state index in [1.165, 1.54) is 17.7 Å². The summed E-state index contributed by atoms with van der Waals surface area (Å²) in [6.07, 6.45) is 1.14. The van der Waals surface area contributed by atoms with Crippen LogP contribution in [0.25, 0.3) is 16.5 Å². The molecular formula is C35H38BrFN4O3. The summed E-state index contributed by atoms with van der Waals surface area (Å²) in [5.41, 5.74) is 5.67. The maximum absolute atomic E-state index is 13.9. The van der Waals surface area contributed by atoms with Crippen LogP contribution in [0, 0.1) is 12.7 Å². The lowest BCUT2D eigenvalue weighted by molar-refractivity contribution is 0.0236. The number of ether oxygens (including phenoxy) is 2. The van der Waals surface area contributed by atoms with Crippen molar-refractivity contribution in [3.63, 3.8) is 0 Å². The van der Waals surface area contributed by atoms with Crippen LogP contribution in [0.2, 0.25) is 0 Å². The second-order valence-electron chi connectivity index (χ2n) is 12.1. The third kappa shape index (κ3) is 7.21. The van der Waals surface area contributed by atoms with Crippen molar-refractivity contribution in [3.8, 4) is 5.75 Å². The van der Waals surface area contributed by atoms with Gasteiger partial charge in [0.1, 0.15) is 28.8 Å². The molecule has 3 aromatic carbocycles. The first-order chi connectivity index (χ1) is 20.9. The molecule has 1 aromatic heterocycles. The lowest BCUT2D eigenvalue weighted by Gasteiger charge is -2.32. The third-order valence-electron chi connectivity index (χ3n) is 7.64. The van der Waals surface area contributed by atoms with Crippen LogP contribution in [0.4, 0.5) is 15.0 Å². The van der Waals surface area contributed by atoms with Crippen LogP contribution < -0.4 is 10.1 Å². The molecular weight excluding hydrogens is 623 g/mol. The van der Waals surface area contributed by atoms with Crippen molar-refractivity contribution in [2.24, 2.45) is 0 Å². The number of piperidine rings is 1. The number of amides is 1. The number of nitrogens with zero attached hydrogens (tertiary/aromatic N) is 3. The molecule has 0 bridgehead atoms. The van der Waals surface area contributed by atoms with E-state index in [1.807, 2.05) is 52.0 Å². The number of rotatable bonds is 6. The summed E-state index contributed by atoms with van der Waals surface area (Å²) in [6, 6.07) is 18.9. The van der Waals surface area contributed by atoms with Crippen molar-refractivity contribution in [3.05, 3.63) is 99.0 Å². The summed E-state index contributed by atoms with van der Waals surface area (Å²) < 4.78 is 25.7. The smallest absolute Gasteiger partial charge is 0.410 e. The van der Waals surface area contributed by atoms with Crippen LogP contribution in [0.1, 0.15) is 69.1 Å². The molecule has 0 radical (unpaired) electrons. The first-order valence-corrected chi connectivity index (χ1v) is 15.6. The van der Waals surface area contributed by atoms with Gasteiger partial charge >= 0.3 is 6.09 Å². The maximum Gasteiger partial charge on any atom is 0.410 e. The fourth-order valence-electron chi connectivity index (χ4n) is 5.47. The number of aryl methyl sites for hydroxylation is 1. The normalized spacial score (nSPS) is 14.4. The number of carbonyl (C=O) groups excluding carboxylic acids is 1. The number of anilines is 1. The molecule has 1 N–H and O–H groups in total. The largest absolute Gasteiger partial charge is 0.495 e. The fourth-order valence-corrected chi connectivity index (χ4v) is 5.97. The second kappa shape index (κ2) is 12.9. The zero-order valence-electron chi connectivity index (χ0n) is 26.0. The Kier molecular flexibility index (Phi) is 9.25. The highest BCUT2D eigenvalue weighted by Gasteiger charge is 2.26. The van der Waals surface area contributed by atoms with E-state index in [0.29, 0.717) is 37.5 Å². The van der Waals surface area contributed by atoms with E-state index in [-0.39, 0.29) is 18.0 Å². The molecule has 0 unspecified atom stereocenters. The summed E-state index contributed by atoms with van der Waals surface area (Å²) in [7, 11) is 1.63. The number of nitrogens with one attached hydrogen (secondary N) is 1. The first-order valence-electron chi connectivity index (χ1n) is 14.8. The van der Waals surface area contributed by atoms with Crippen LogP contribution in [0.3, 0.4) is 0 Å². The number of hydrogen-bond donors (Lipinski definition) is 1. The zero-order valence-corrected chi connectivity index (χ0v) is 27.6. The number of benzene rings is 3. The van der Waals surface area contributed by atoms with E-state index in [9.17, 15) is 9.18 Å². The van der Waals surface area contributed by atoms with Crippen LogP contribution in [0.5, 0.6) is 5.75 Å². The molecule has 0 spiro atoms. The minimum absolute atomic E-state index is 0.0404. The Bertz CT molecular complexity index is 1690. The van der Waals surface area contributed by atoms with E-state index in [1.54, 1.807) is 12.0 Å². The monoisotopic (exact) mass is 660 g/mol. The Morgan fingerprint density at radius 3 is 2.20 bits per heavy atom. The molecule has 230 valence electrons. The average Bonchev–Trinajstić information content (AvgIpc) is 2.98. The Labute approximate surface area is 266 Å². The number of likely N-dealkylation sites (tertiary alicyclic amines) is 1. The molecule has 0 saturated carbocycles. The standard InChI is InChI=1S/C35H38BrFN4O3/c1-21(38-33-28-19-29(36)31(43-6)20-30(28)39-22(2)40-33)23-7-9-24(10-8-23)32(25-11-13-27(37)14-12-25)26-15-17-41(18-16-26)34(42)44-35(3,4)5/h7-14,19-21H,15-18H2,1-6H3,(H,38,39,40)/t21-/m1/s1. The van der Waals surface area contributed by atoms with Crippen LogP contribution in [-0.4, -0.2) is 46.8 Å². The summed E-state index contributed by atoms with van der Waals surface area (Å²) in [5, 5.41) is 4.47. The topological polar surface area (TPSA) is 76.6 Å². The number of methoxy groups -OCH3 is 1. The van der Waals surface area contributed by atoms with Gasteiger partial charge in [0, 0.05) is 30.6 Å². The Balaban J connectivity index is 1.41. The number of hydrogen-bond acceptors (Lipinski definition) is 6. The van der Waals surface area contributed by atoms with Crippen molar-refractivity contribution in [1.82, 2.24) is 14.9 Å². The lowest BCUT2D eigenvalue weighted by atomic mass is 9.88. The highest BCUT2D eigenvalue weighted by Crippen LogP contribution is 2.36. The van der Waals surface area contributed by atoms with Gasteiger partial charge in [-0.1, -0.05) is 42.0 Å². The second-order valence-corrected chi connectivity index (χ2v) is 12.9. The first kappa shape index (κ1) is 31.4. The molecule has 1 saturated heterocycles. The van der Waals surface area contributed by atoms with E-state index in [2.05, 4.69) is 57.4 Å². The summed E-state index contributed by atoms with van der Waals surface area (Å²) in [6.45, 7) is 10.7. The van der Waals surface area contributed by atoms with Crippen LogP contribution >= 0.6 is 15.9 Å². The fraction of sp³-hybridized carbons (Fsp3) is 0.343. The van der Waals surface area contributed by atoms with Crippen molar-refractivity contribution in [2.45, 2.75) is 59.1 Å². The molecule has 44 heavy (non-hydrogen) atoms. The molecule has 0 aliphatic carbocycles. The van der Waals surface area contributed by atoms with Gasteiger partial charge < -0.3 is 19.7 Å². The summed E-state index contributed by atoms with van der Waals surface area (Å²) >= 11 is 3.58. The number of halogens is 2. The van der Waals surface area contributed by atoms with Gasteiger partial charge in [-0.15, -0.1) is 0 Å². The molecule has 4 aromatic rings. The average molecular weight is 662 g/mol. The van der Waals surface area contributed by atoms with E-state index in [4.69, 9.17) is 14.5 Å². The number of carbonyl (C=O) groups is 1. The highest BCUT2D eigenvalue weighted by atomic mass is 79.9. The predicted molar refractivity (Wildman–Crippen MR) is 176 cm³/mol. The molecule has 9 heteroatoms. The highest BCUT2D eigenvalue weighted by molar-refractivity contribution is 9.10. The van der Waals surface area contributed by atoms with E-state index < -0.39 is 5.60 Å². The summed E-state index contributed by atoms with van der Waals surface area (Å²) in [5.74, 6) is 1.86. The van der Waals surface area contributed by atoms with E-state index in [0.717, 1.165) is 43.5 Å². The van der Waals surface area contributed by atoms with Crippen molar-refractivity contribution in [1.29, 1.82) is 0 Å². The van der Waals surface area contributed by atoms with Crippen molar-refractivity contribution >= 4 is 44.3 Å². The third-order valence-corrected chi connectivity index (χ3v) is 8.26. The predicted octanol–water partition coefficient (Wildman–Crippen LogP) is 8.85. The molecule has 1 aliphatic heterocycles.